The van der Waals surface area contributed by atoms with Gasteiger partial charge in [-0.3, -0.25) is 0 Å². The van der Waals surface area contributed by atoms with Gasteiger partial charge in [0.25, 0.3) is 0 Å². The molecular formula is C11H15NO2. The quantitative estimate of drug-likeness (QED) is 0.762. The Labute approximate surface area is 83.5 Å². The van der Waals surface area contributed by atoms with Crippen LogP contribution in [0.5, 0.6) is 11.5 Å². The molecule has 0 atom stereocenters. The molecular weight excluding hydrogens is 178 g/mol. The maximum atomic E-state index is 9.42. The molecule has 1 aromatic rings. The van der Waals surface area contributed by atoms with Crippen LogP contribution in [-0.4, -0.2) is 18.8 Å². The van der Waals surface area contributed by atoms with E-state index < -0.39 is 0 Å². The van der Waals surface area contributed by atoms with Crippen LogP contribution in [0, 0.1) is 0 Å². The number of hydrogen-bond acceptors (Lipinski definition) is 3. The largest absolute Gasteiger partial charge is 0.508 e. The number of nitrogens with two attached hydrogens (primary N) is 1. The normalized spacial score (nSPS) is 17.9. The Kier molecular flexibility index (Phi) is 2.11. The summed E-state index contributed by atoms with van der Waals surface area (Å²) in [6.07, 6.45) is 2.17. The van der Waals surface area contributed by atoms with Crippen LogP contribution in [-0.2, 0) is 5.41 Å². The molecule has 2 rings (SSSR count). The third-order valence-corrected chi connectivity index (χ3v) is 3.00. The summed E-state index contributed by atoms with van der Waals surface area (Å²) in [5.41, 5.74) is 6.84. The minimum absolute atomic E-state index is 0.0596. The lowest BCUT2D eigenvalue weighted by Gasteiger charge is -2.16. The summed E-state index contributed by atoms with van der Waals surface area (Å²) in [4.78, 5) is 0. The number of rotatable bonds is 3. The summed E-state index contributed by atoms with van der Waals surface area (Å²) in [5.74, 6) is 1.10. The molecule has 0 amide bonds. The van der Waals surface area contributed by atoms with E-state index >= 15 is 0 Å². The average Bonchev–Trinajstić information content (AvgIpc) is 2.98. The highest BCUT2D eigenvalue weighted by Gasteiger charge is 2.44. The number of benzene rings is 1. The van der Waals surface area contributed by atoms with Crippen molar-refractivity contribution in [3.05, 3.63) is 23.8 Å². The van der Waals surface area contributed by atoms with E-state index in [1.807, 2.05) is 0 Å². The smallest absolute Gasteiger partial charge is 0.122 e. The van der Waals surface area contributed by atoms with E-state index in [2.05, 4.69) is 0 Å². The Bertz CT molecular complexity index is 345. The van der Waals surface area contributed by atoms with Crippen molar-refractivity contribution < 1.29 is 9.84 Å². The van der Waals surface area contributed by atoms with Crippen molar-refractivity contribution in [2.45, 2.75) is 18.3 Å². The van der Waals surface area contributed by atoms with E-state index in [1.54, 1.807) is 25.3 Å². The number of methoxy groups -OCH3 is 1. The molecule has 3 heteroatoms. The predicted octanol–water partition coefficient (Wildman–Crippen LogP) is 1.39. The van der Waals surface area contributed by atoms with Gasteiger partial charge in [0.05, 0.1) is 7.11 Å². The first-order valence-electron chi connectivity index (χ1n) is 4.79. The maximum absolute atomic E-state index is 9.42. The molecule has 0 aliphatic heterocycles. The molecule has 14 heavy (non-hydrogen) atoms. The van der Waals surface area contributed by atoms with Crippen LogP contribution >= 0.6 is 0 Å². The lowest BCUT2D eigenvalue weighted by atomic mass is 9.95. The van der Waals surface area contributed by atoms with Gasteiger partial charge in [-0.2, -0.15) is 0 Å². The second kappa shape index (κ2) is 3.17. The Balaban J connectivity index is 2.44. The SMILES string of the molecule is COc1ccc(O)cc1C1(CN)CC1. The molecule has 1 aliphatic carbocycles. The van der Waals surface area contributed by atoms with Crippen LogP contribution in [0.4, 0.5) is 0 Å². The molecule has 76 valence electrons. The zero-order chi connectivity index (χ0) is 10.2. The molecule has 1 saturated carbocycles. The molecule has 0 saturated heterocycles. The van der Waals surface area contributed by atoms with E-state index in [0.29, 0.717) is 6.54 Å². The van der Waals surface area contributed by atoms with Gasteiger partial charge in [-0.15, -0.1) is 0 Å². The van der Waals surface area contributed by atoms with Gasteiger partial charge in [-0.25, -0.2) is 0 Å². The van der Waals surface area contributed by atoms with Gasteiger partial charge in [0, 0.05) is 17.5 Å². The van der Waals surface area contributed by atoms with Crippen LogP contribution in [0.3, 0.4) is 0 Å². The molecule has 1 aliphatic rings. The minimum Gasteiger partial charge on any atom is -0.508 e. The van der Waals surface area contributed by atoms with E-state index in [9.17, 15) is 5.11 Å². The van der Waals surface area contributed by atoms with Gasteiger partial charge < -0.3 is 15.6 Å². The molecule has 0 spiro atoms. The van der Waals surface area contributed by atoms with Crippen molar-refractivity contribution in [1.82, 2.24) is 0 Å². The van der Waals surface area contributed by atoms with Crippen LogP contribution in [0.1, 0.15) is 18.4 Å². The van der Waals surface area contributed by atoms with Crippen molar-refractivity contribution in [2.75, 3.05) is 13.7 Å². The van der Waals surface area contributed by atoms with Crippen molar-refractivity contribution in [3.63, 3.8) is 0 Å². The first-order valence-corrected chi connectivity index (χ1v) is 4.79. The Hall–Kier alpha value is -1.22. The second-order valence-corrected chi connectivity index (χ2v) is 3.87. The van der Waals surface area contributed by atoms with Crippen LogP contribution in [0.2, 0.25) is 0 Å². The molecule has 0 unspecified atom stereocenters. The van der Waals surface area contributed by atoms with Gasteiger partial charge in [0.15, 0.2) is 0 Å². The summed E-state index contributed by atoms with van der Waals surface area (Å²) in [5, 5.41) is 9.42. The predicted molar refractivity (Wildman–Crippen MR) is 54.6 cm³/mol. The van der Waals surface area contributed by atoms with Gasteiger partial charge in [0.2, 0.25) is 0 Å². The number of hydrogen-bond donors (Lipinski definition) is 2. The molecule has 0 heterocycles. The molecule has 0 radical (unpaired) electrons. The standard InChI is InChI=1S/C11H15NO2/c1-14-10-3-2-8(13)6-9(10)11(7-12)4-5-11/h2-3,6,13H,4-5,7,12H2,1H3. The molecule has 3 N–H and O–H groups in total. The van der Waals surface area contributed by atoms with Crippen molar-refractivity contribution in [3.8, 4) is 11.5 Å². The zero-order valence-corrected chi connectivity index (χ0v) is 8.29. The van der Waals surface area contributed by atoms with Crippen LogP contribution in [0.15, 0.2) is 18.2 Å². The summed E-state index contributed by atoms with van der Waals surface area (Å²) < 4.78 is 5.26. The highest BCUT2D eigenvalue weighted by Crippen LogP contribution is 2.51. The topological polar surface area (TPSA) is 55.5 Å². The molecule has 0 aromatic heterocycles. The Morgan fingerprint density at radius 1 is 1.50 bits per heavy atom. The van der Waals surface area contributed by atoms with Crippen LogP contribution in [0.25, 0.3) is 0 Å². The fourth-order valence-corrected chi connectivity index (χ4v) is 1.84. The third kappa shape index (κ3) is 1.34. The highest BCUT2D eigenvalue weighted by atomic mass is 16.5. The fraction of sp³-hybridized carbons (Fsp3) is 0.455. The Morgan fingerprint density at radius 2 is 2.21 bits per heavy atom. The first kappa shape index (κ1) is 9.34. The van der Waals surface area contributed by atoms with E-state index in [0.717, 1.165) is 24.2 Å². The second-order valence-electron chi connectivity index (χ2n) is 3.87. The zero-order valence-electron chi connectivity index (χ0n) is 8.29. The lowest BCUT2D eigenvalue weighted by Crippen LogP contribution is -2.20. The Morgan fingerprint density at radius 3 is 2.71 bits per heavy atom. The van der Waals surface area contributed by atoms with Crippen LogP contribution < -0.4 is 10.5 Å². The average molecular weight is 193 g/mol. The van der Waals surface area contributed by atoms with E-state index in [1.165, 1.54) is 0 Å². The van der Waals surface area contributed by atoms with Gasteiger partial charge in [0.1, 0.15) is 11.5 Å². The summed E-state index contributed by atoms with van der Waals surface area (Å²) in [6.45, 7) is 0.618. The third-order valence-electron chi connectivity index (χ3n) is 3.00. The van der Waals surface area contributed by atoms with Gasteiger partial charge in [-0.1, -0.05) is 0 Å². The van der Waals surface area contributed by atoms with Gasteiger partial charge in [-0.05, 0) is 31.0 Å². The highest BCUT2D eigenvalue weighted by molar-refractivity contribution is 5.47. The maximum Gasteiger partial charge on any atom is 0.122 e. The minimum atomic E-state index is 0.0596. The number of phenols is 1. The van der Waals surface area contributed by atoms with Gasteiger partial charge >= 0.3 is 0 Å². The molecule has 1 aromatic carbocycles. The first-order chi connectivity index (χ1) is 6.72. The summed E-state index contributed by atoms with van der Waals surface area (Å²) in [7, 11) is 1.64. The number of aromatic hydroxyl groups is 1. The molecule has 0 bridgehead atoms. The summed E-state index contributed by atoms with van der Waals surface area (Å²) >= 11 is 0. The number of ether oxygens (including phenoxy) is 1. The molecule has 1 fully saturated rings. The van der Waals surface area contributed by atoms with E-state index in [-0.39, 0.29) is 11.2 Å². The van der Waals surface area contributed by atoms with Crippen molar-refractivity contribution >= 4 is 0 Å². The fourth-order valence-electron chi connectivity index (χ4n) is 1.84. The lowest BCUT2D eigenvalue weighted by molar-refractivity contribution is 0.401. The summed E-state index contributed by atoms with van der Waals surface area (Å²) in [6, 6.07) is 5.19. The molecule has 3 nitrogen and oxygen atoms in total. The monoisotopic (exact) mass is 193 g/mol. The number of phenolic OH excluding ortho intramolecular Hbond substituents is 1. The van der Waals surface area contributed by atoms with Crippen molar-refractivity contribution in [1.29, 1.82) is 0 Å². The van der Waals surface area contributed by atoms with E-state index in [4.69, 9.17) is 10.5 Å². The van der Waals surface area contributed by atoms with Crippen molar-refractivity contribution in [2.24, 2.45) is 5.73 Å².